The number of carbonyl (C=O) groups excluding carboxylic acids is 1. The van der Waals surface area contributed by atoms with Gasteiger partial charge in [-0.15, -0.1) is 0 Å². The lowest BCUT2D eigenvalue weighted by atomic mass is 10.0. The smallest absolute Gasteiger partial charge is 0.326 e. The van der Waals surface area contributed by atoms with Crippen molar-refractivity contribution in [1.82, 2.24) is 5.32 Å². The van der Waals surface area contributed by atoms with Gasteiger partial charge in [0, 0.05) is 12.5 Å². The van der Waals surface area contributed by atoms with Crippen LogP contribution in [0.1, 0.15) is 15.9 Å². The third-order valence-corrected chi connectivity index (χ3v) is 3.38. The maximum absolute atomic E-state index is 12.3. The molecule has 0 aliphatic carbocycles. The van der Waals surface area contributed by atoms with E-state index in [1.807, 2.05) is 0 Å². The highest BCUT2D eigenvalue weighted by molar-refractivity contribution is 6.04. The van der Waals surface area contributed by atoms with E-state index in [1.165, 1.54) is 12.1 Å². The van der Waals surface area contributed by atoms with Crippen LogP contribution >= 0.6 is 0 Å². The zero-order valence-electron chi connectivity index (χ0n) is 12.5. The number of carboxylic acids is 1. The molecule has 0 radical (unpaired) electrons. The van der Waals surface area contributed by atoms with E-state index in [0.717, 1.165) is 6.07 Å². The van der Waals surface area contributed by atoms with Crippen molar-refractivity contribution in [1.29, 1.82) is 0 Å². The van der Waals surface area contributed by atoms with Gasteiger partial charge in [-0.2, -0.15) is 0 Å². The summed E-state index contributed by atoms with van der Waals surface area (Å²) in [6, 6.07) is 11.3. The zero-order valence-corrected chi connectivity index (χ0v) is 12.5. The van der Waals surface area contributed by atoms with Crippen molar-refractivity contribution in [3.05, 3.63) is 69.8 Å². The van der Waals surface area contributed by atoms with Crippen LogP contribution in [0.4, 0.5) is 11.4 Å². The summed E-state index contributed by atoms with van der Waals surface area (Å²) < 4.78 is 0. The summed E-state index contributed by atoms with van der Waals surface area (Å²) in [5.74, 6) is -2.15. The number of hydrogen-bond donors (Lipinski definition) is 3. The number of hydrogen-bond acceptors (Lipinski definition) is 5. The van der Waals surface area contributed by atoms with Gasteiger partial charge in [-0.25, -0.2) is 4.79 Å². The third-order valence-electron chi connectivity index (χ3n) is 3.38. The second kappa shape index (κ2) is 7.23. The quantitative estimate of drug-likeness (QED) is 0.418. The van der Waals surface area contributed by atoms with Crippen molar-refractivity contribution >= 4 is 23.3 Å². The maximum Gasteiger partial charge on any atom is 0.326 e. The first kappa shape index (κ1) is 16.9. The topological polar surface area (TPSA) is 136 Å². The number of carboxylic acid groups (broad SMARTS) is 1. The molecular formula is C16H15N3O5. The van der Waals surface area contributed by atoms with Gasteiger partial charge >= 0.3 is 5.97 Å². The molecule has 2 aromatic rings. The van der Waals surface area contributed by atoms with E-state index in [4.69, 9.17) is 5.73 Å². The van der Waals surface area contributed by atoms with Gasteiger partial charge in [0.2, 0.25) is 0 Å². The normalized spacial score (nSPS) is 11.5. The second-order valence-corrected chi connectivity index (χ2v) is 5.05. The molecule has 2 aromatic carbocycles. The van der Waals surface area contributed by atoms with Crippen LogP contribution in [0.25, 0.3) is 0 Å². The molecule has 2 rings (SSSR count). The molecule has 0 bridgehead atoms. The fourth-order valence-electron chi connectivity index (χ4n) is 2.24. The van der Waals surface area contributed by atoms with Crippen molar-refractivity contribution in [2.45, 2.75) is 12.5 Å². The van der Waals surface area contributed by atoms with E-state index < -0.39 is 28.5 Å². The number of rotatable bonds is 6. The van der Waals surface area contributed by atoms with Crippen LogP contribution in [0.15, 0.2) is 48.5 Å². The summed E-state index contributed by atoms with van der Waals surface area (Å²) in [5, 5.41) is 22.6. The first-order chi connectivity index (χ1) is 11.4. The average Bonchev–Trinajstić information content (AvgIpc) is 2.54. The number of nitrogens with one attached hydrogen (secondary N) is 1. The molecule has 0 aliphatic rings. The molecule has 0 heterocycles. The first-order valence-corrected chi connectivity index (χ1v) is 7.00. The molecule has 8 nitrogen and oxygen atoms in total. The molecule has 124 valence electrons. The molecule has 0 saturated heterocycles. The predicted molar refractivity (Wildman–Crippen MR) is 86.5 cm³/mol. The standard InChI is InChI=1S/C16H15N3O5/c17-11-7-4-8-13(19(23)24)14(11)15(20)18-12(16(21)22)9-10-5-2-1-3-6-10/h1-8,12H,9,17H2,(H,18,20)(H,21,22). The highest BCUT2D eigenvalue weighted by Gasteiger charge is 2.27. The molecule has 0 fully saturated rings. The van der Waals surface area contributed by atoms with E-state index in [1.54, 1.807) is 30.3 Å². The van der Waals surface area contributed by atoms with Gasteiger partial charge in [0.15, 0.2) is 0 Å². The van der Waals surface area contributed by atoms with E-state index in [2.05, 4.69) is 5.32 Å². The van der Waals surface area contributed by atoms with Gasteiger partial charge in [0.05, 0.1) is 10.6 Å². The number of anilines is 1. The molecule has 24 heavy (non-hydrogen) atoms. The SMILES string of the molecule is Nc1cccc([N+](=O)[O-])c1C(=O)NC(Cc1ccccc1)C(=O)O. The van der Waals surface area contributed by atoms with Crippen LogP contribution in [0.2, 0.25) is 0 Å². The van der Waals surface area contributed by atoms with Crippen LogP contribution in [0, 0.1) is 10.1 Å². The summed E-state index contributed by atoms with van der Waals surface area (Å²) in [5.41, 5.74) is 5.45. The molecule has 0 aromatic heterocycles. The summed E-state index contributed by atoms with van der Waals surface area (Å²) in [6.07, 6.45) is 0.0441. The van der Waals surface area contributed by atoms with Gasteiger partial charge < -0.3 is 16.2 Å². The minimum absolute atomic E-state index is 0.0441. The van der Waals surface area contributed by atoms with E-state index in [-0.39, 0.29) is 17.7 Å². The van der Waals surface area contributed by atoms with Crippen molar-refractivity contribution in [3.8, 4) is 0 Å². The molecular weight excluding hydrogens is 314 g/mol. The lowest BCUT2D eigenvalue weighted by Crippen LogP contribution is -2.42. The fourth-order valence-corrected chi connectivity index (χ4v) is 2.24. The van der Waals surface area contributed by atoms with Crippen LogP contribution in [-0.4, -0.2) is 27.9 Å². The van der Waals surface area contributed by atoms with Gasteiger partial charge in [-0.1, -0.05) is 36.4 Å². The Bertz CT molecular complexity index is 777. The average molecular weight is 329 g/mol. The van der Waals surface area contributed by atoms with Crippen LogP contribution in [-0.2, 0) is 11.2 Å². The number of amides is 1. The van der Waals surface area contributed by atoms with E-state index >= 15 is 0 Å². The number of nitrogen functional groups attached to an aromatic ring is 1. The number of nitro benzene ring substituents is 1. The molecule has 4 N–H and O–H groups in total. The Kier molecular flexibility index (Phi) is 5.10. The van der Waals surface area contributed by atoms with Crippen LogP contribution in [0.3, 0.4) is 0 Å². The number of carbonyl (C=O) groups is 2. The minimum Gasteiger partial charge on any atom is -0.480 e. The number of nitro groups is 1. The summed E-state index contributed by atoms with van der Waals surface area (Å²) in [4.78, 5) is 34.0. The minimum atomic E-state index is -1.25. The van der Waals surface area contributed by atoms with E-state index in [9.17, 15) is 24.8 Å². The lowest BCUT2D eigenvalue weighted by Gasteiger charge is -2.15. The molecule has 1 amide bonds. The first-order valence-electron chi connectivity index (χ1n) is 7.00. The lowest BCUT2D eigenvalue weighted by molar-refractivity contribution is -0.385. The summed E-state index contributed by atoms with van der Waals surface area (Å²) >= 11 is 0. The highest BCUT2D eigenvalue weighted by atomic mass is 16.6. The van der Waals surface area contributed by atoms with Crippen molar-refractivity contribution < 1.29 is 19.6 Å². The summed E-state index contributed by atoms with van der Waals surface area (Å²) in [7, 11) is 0. The number of aliphatic carboxylic acids is 1. The Morgan fingerprint density at radius 2 is 1.83 bits per heavy atom. The molecule has 1 unspecified atom stereocenters. The number of benzene rings is 2. The van der Waals surface area contributed by atoms with Gasteiger partial charge in [0.1, 0.15) is 11.6 Å². The molecule has 0 aliphatic heterocycles. The summed E-state index contributed by atoms with van der Waals surface area (Å²) in [6.45, 7) is 0. The maximum atomic E-state index is 12.3. The highest BCUT2D eigenvalue weighted by Crippen LogP contribution is 2.24. The van der Waals surface area contributed by atoms with Crippen LogP contribution in [0.5, 0.6) is 0 Å². The van der Waals surface area contributed by atoms with Gasteiger partial charge in [0.25, 0.3) is 11.6 Å². The zero-order chi connectivity index (χ0) is 17.7. The van der Waals surface area contributed by atoms with Crippen molar-refractivity contribution in [2.24, 2.45) is 0 Å². The van der Waals surface area contributed by atoms with E-state index in [0.29, 0.717) is 5.56 Å². The monoisotopic (exact) mass is 329 g/mol. The number of nitrogens with zero attached hydrogens (tertiary/aromatic N) is 1. The Morgan fingerprint density at radius 1 is 1.17 bits per heavy atom. The molecule has 0 saturated carbocycles. The molecule has 0 spiro atoms. The third kappa shape index (κ3) is 3.86. The van der Waals surface area contributed by atoms with Crippen molar-refractivity contribution in [2.75, 3.05) is 5.73 Å². The predicted octanol–water partition coefficient (Wildman–Crippen LogP) is 1.60. The van der Waals surface area contributed by atoms with Gasteiger partial charge in [-0.05, 0) is 11.6 Å². The fraction of sp³-hybridized carbons (Fsp3) is 0.125. The Balaban J connectivity index is 2.26. The van der Waals surface area contributed by atoms with Crippen molar-refractivity contribution in [3.63, 3.8) is 0 Å². The van der Waals surface area contributed by atoms with Crippen LogP contribution < -0.4 is 11.1 Å². The van der Waals surface area contributed by atoms with Gasteiger partial charge in [-0.3, -0.25) is 14.9 Å². The Labute approximate surface area is 137 Å². The largest absolute Gasteiger partial charge is 0.480 e. The molecule has 8 heteroatoms. The Morgan fingerprint density at radius 3 is 2.42 bits per heavy atom. The second-order valence-electron chi connectivity index (χ2n) is 5.05. The number of nitrogens with two attached hydrogens (primary N) is 1. The molecule has 1 atom stereocenters. The Hall–Kier alpha value is -3.42.